The van der Waals surface area contributed by atoms with Gasteiger partial charge in [0.15, 0.2) is 11.5 Å². The molecule has 1 fully saturated rings. The van der Waals surface area contributed by atoms with Crippen molar-refractivity contribution in [1.29, 1.82) is 0 Å². The number of morpholine rings is 1. The van der Waals surface area contributed by atoms with Crippen molar-refractivity contribution in [1.82, 2.24) is 15.1 Å². The number of carbonyl (C=O) groups is 2. The molecule has 1 saturated heterocycles. The summed E-state index contributed by atoms with van der Waals surface area (Å²) in [5, 5.41) is 2.85. The molecule has 0 radical (unpaired) electrons. The molecule has 0 saturated carbocycles. The Hall–Kier alpha value is -2.32. The Morgan fingerprint density at radius 1 is 1.15 bits per heavy atom. The minimum absolute atomic E-state index is 0.00980. The Morgan fingerprint density at radius 3 is 2.69 bits per heavy atom. The summed E-state index contributed by atoms with van der Waals surface area (Å²) in [6, 6.07) is 5.09. The Morgan fingerprint density at radius 2 is 1.92 bits per heavy atom. The van der Waals surface area contributed by atoms with Gasteiger partial charge in [-0.25, -0.2) is 0 Å². The molecule has 0 aromatic heterocycles. The van der Waals surface area contributed by atoms with Crippen LogP contribution in [-0.4, -0.2) is 80.9 Å². The highest BCUT2D eigenvalue weighted by molar-refractivity contribution is 5.94. The molecule has 26 heavy (non-hydrogen) atoms. The highest BCUT2D eigenvalue weighted by atomic mass is 16.7. The third-order valence-electron chi connectivity index (χ3n) is 4.54. The van der Waals surface area contributed by atoms with Crippen molar-refractivity contribution in [2.24, 2.45) is 0 Å². The maximum atomic E-state index is 12.3. The number of hydrogen-bond donors (Lipinski definition) is 1. The smallest absolute Gasteiger partial charge is 0.251 e. The van der Waals surface area contributed by atoms with Crippen LogP contribution >= 0.6 is 0 Å². The molecule has 8 nitrogen and oxygen atoms in total. The SMILES string of the molecule is CC(=O)N(CCNC(=O)c1ccc2c(c1)OCO2)CCN1CCOCC1. The van der Waals surface area contributed by atoms with Gasteiger partial charge in [0.1, 0.15) is 0 Å². The molecule has 2 heterocycles. The summed E-state index contributed by atoms with van der Waals surface area (Å²) in [7, 11) is 0. The zero-order chi connectivity index (χ0) is 18.4. The average molecular weight is 363 g/mol. The van der Waals surface area contributed by atoms with E-state index in [0.717, 1.165) is 32.8 Å². The summed E-state index contributed by atoms with van der Waals surface area (Å²) >= 11 is 0. The molecule has 2 amide bonds. The van der Waals surface area contributed by atoms with Crippen LogP contribution in [0.1, 0.15) is 17.3 Å². The van der Waals surface area contributed by atoms with E-state index >= 15 is 0 Å². The molecule has 3 rings (SSSR count). The molecule has 142 valence electrons. The Balaban J connectivity index is 1.43. The van der Waals surface area contributed by atoms with Crippen LogP contribution in [0.5, 0.6) is 11.5 Å². The van der Waals surface area contributed by atoms with Crippen LogP contribution in [0, 0.1) is 0 Å². The maximum Gasteiger partial charge on any atom is 0.251 e. The first kappa shape index (κ1) is 18.5. The van der Waals surface area contributed by atoms with Crippen LogP contribution in [0.25, 0.3) is 0 Å². The van der Waals surface area contributed by atoms with Gasteiger partial charge < -0.3 is 24.4 Å². The van der Waals surface area contributed by atoms with E-state index in [1.165, 1.54) is 0 Å². The minimum Gasteiger partial charge on any atom is -0.454 e. The summed E-state index contributed by atoms with van der Waals surface area (Å²) in [4.78, 5) is 28.1. The van der Waals surface area contributed by atoms with Gasteiger partial charge in [-0.3, -0.25) is 14.5 Å². The van der Waals surface area contributed by atoms with E-state index in [1.54, 1.807) is 30.0 Å². The first-order valence-corrected chi connectivity index (χ1v) is 8.87. The number of hydrogen-bond acceptors (Lipinski definition) is 6. The fraction of sp³-hybridized carbons (Fsp3) is 0.556. The highest BCUT2D eigenvalue weighted by Crippen LogP contribution is 2.32. The van der Waals surface area contributed by atoms with Crippen LogP contribution in [0.4, 0.5) is 0 Å². The number of nitrogens with one attached hydrogen (secondary N) is 1. The number of benzene rings is 1. The van der Waals surface area contributed by atoms with E-state index in [0.29, 0.717) is 36.7 Å². The molecule has 0 aliphatic carbocycles. The molecular formula is C18H25N3O5. The molecule has 0 atom stereocenters. The third kappa shape index (κ3) is 4.86. The van der Waals surface area contributed by atoms with Gasteiger partial charge in [-0.15, -0.1) is 0 Å². The number of ether oxygens (including phenoxy) is 3. The molecular weight excluding hydrogens is 338 g/mol. The number of fused-ring (bicyclic) bond motifs is 1. The number of nitrogens with zero attached hydrogens (tertiary/aromatic N) is 2. The molecule has 2 aliphatic heterocycles. The fourth-order valence-corrected chi connectivity index (χ4v) is 2.96. The van der Waals surface area contributed by atoms with E-state index in [-0.39, 0.29) is 18.6 Å². The Labute approximate surface area is 153 Å². The van der Waals surface area contributed by atoms with Gasteiger partial charge in [0.2, 0.25) is 12.7 Å². The van der Waals surface area contributed by atoms with Gasteiger partial charge in [-0.05, 0) is 18.2 Å². The van der Waals surface area contributed by atoms with Gasteiger partial charge in [0, 0.05) is 51.8 Å². The van der Waals surface area contributed by atoms with Crippen molar-refractivity contribution in [3.63, 3.8) is 0 Å². The highest BCUT2D eigenvalue weighted by Gasteiger charge is 2.17. The quantitative estimate of drug-likeness (QED) is 0.752. The van der Waals surface area contributed by atoms with Crippen LogP contribution in [0.2, 0.25) is 0 Å². The topological polar surface area (TPSA) is 80.3 Å². The predicted octanol–water partition coefficient (Wildman–Crippen LogP) is 0.326. The van der Waals surface area contributed by atoms with E-state index in [4.69, 9.17) is 14.2 Å². The van der Waals surface area contributed by atoms with Crippen molar-refractivity contribution in [3.8, 4) is 11.5 Å². The van der Waals surface area contributed by atoms with Gasteiger partial charge >= 0.3 is 0 Å². The summed E-state index contributed by atoms with van der Waals surface area (Å²) in [5.41, 5.74) is 0.511. The number of carbonyl (C=O) groups excluding carboxylic acids is 2. The fourth-order valence-electron chi connectivity index (χ4n) is 2.96. The van der Waals surface area contributed by atoms with E-state index in [2.05, 4.69) is 10.2 Å². The van der Waals surface area contributed by atoms with Crippen LogP contribution in [-0.2, 0) is 9.53 Å². The predicted molar refractivity (Wildman–Crippen MR) is 94.4 cm³/mol. The van der Waals surface area contributed by atoms with Crippen LogP contribution < -0.4 is 14.8 Å². The van der Waals surface area contributed by atoms with Gasteiger partial charge in [-0.2, -0.15) is 0 Å². The minimum atomic E-state index is -0.194. The molecule has 2 aliphatic rings. The Bertz CT molecular complexity index is 646. The summed E-state index contributed by atoms with van der Waals surface area (Å²) in [6.45, 7) is 7.35. The molecule has 8 heteroatoms. The zero-order valence-electron chi connectivity index (χ0n) is 15.0. The normalized spacial score (nSPS) is 16.3. The summed E-state index contributed by atoms with van der Waals surface area (Å²) < 4.78 is 15.9. The summed E-state index contributed by atoms with van der Waals surface area (Å²) in [6.07, 6.45) is 0. The van der Waals surface area contributed by atoms with Crippen LogP contribution in [0.15, 0.2) is 18.2 Å². The lowest BCUT2D eigenvalue weighted by atomic mass is 10.2. The van der Waals surface area contributed by atoms with Crippen LogP contribution in [0.3, 0.4) is 0 Å². The van der Waals surface area contributed by atoms with E-state index in [9.17, 15) is 9.59 Å². The first-order chi connectivity index (χ1) is 12.6. The number of amides is 2. The Kier molecular flexibility index (Phi) is 6.30. The summed E-state index contributed by atoms with van der Waals surface area (Å²) in [5.74, 6) is 1.04. The third-order valence-corrected chi connectivity index (χ3v) is 4.54. The van der Waals surface area contributed by atoms with Gasteiger partial charge in [0.25, 0.3) is 5.91 Å². The standard InChI is InChI=1S/C18H25N3O5/c1-14(22)21(7-6-20-8-10-24-11-9-20)5-4-19-18(23)15-2-3-16-17(12-15)26-13-25-16/h2-3,12H,4-11,13H2,1H3,(H,19,23). The number of rotatable bonds is 7. The molecule has 1 aromatic carbocycles. The lowest BCUT2D eigenvalue weighted by Gasteiger charge is -2.29. The van der Waals surface area contributed by atoms with E-state index < -0.39 is 0 Å². The monoisotopic (exact) mass is 363 g/mol. The van der Waals surface area contributed by atoms with E-state index in [1.807, 2.05) is 0 Å². The first-order valence-electron chi connectivity index (χ1n) is 8.87. The molecule has 0 unspecified atom stereocenters. The second-order valence-electron chi connectivity index (χ2n) is 6.28. The second-order valence-corrected chi connectivity index (χ2v) is 6.28. The van der Waals surface area contributed by atoms with Crippen molar-refractivity contribution in [2.75, 3.05) is 59.3 Å². The second kappa shape index (κ2) is 8.86. The van der Waals surface area contributed by atoms with Gasteiger partial charge in [0.05, 0.1) is 13.2 Å². The van der Waals surface area contributed by atoms with Crippen molar-refractivity contribution >= 4 is 11.8 Å². The largest absolute Gasteiger partial charge is 0.454 e. The maximum absolute atomic E-state index is 12.3. The van der Waals surface area contributed by atoms with Gasteiger partial charge in [-0.1, -0.05) is 0 Å². The van der Waals surface area contributed by atoms with Crippen molar-refractivity contribution < 1.29 is 23.8 Å². The van der Waals surface area contributed by atoms with Crippen molar-refractivity contribution in [2.45, 2.75) is 6.92 Å². The molecule has 0 spiro atoms. The zero-order valence-corrected chi connectivity index (χ0v) is 15.0. The van der Waals surface area contributed by atoms with Crippen molar-refractivity contribution in [3.05, 3.63) is 23.8 Å². The lowest BCUT2D eigenvalue weighted by molar-refractivity contribution is -0.129. The molecule has 0 bridgehead atoms. The molecule has 1 aromatic rings. The molecule has 1 N–H and O–H groups in total. The lowest BCUT2D eigenvalue weighted by Crippen LogP contribution is -2.44. The average Bonchev–Trinajstić information content (AvgIpc) is 3.12.